The predicted molar refractivity (Wildman–Crippen MR) is 88.0 cm³/mol. The second kappa shape index (κ2) is 7.95. The maximum absolute atomic E-state index is 12.2. The molecule has 7 heteroatoms. The van der Waals surface area contributed by atoms with Gasteiger partial charge in [0, 0.05) is 11.9 Å². The highest BCUT2D eigenvalue weighted by Gasteiger charge is 2.13. The highest BCUT2D eigenvalue weighted by atomic mass is 32.2. The van der Waals surface area contributed by atoms with Crippen molar-refractivity contribution in [1.29, 1.82) is 0 Å². The zero-order chi connectivity index (χ0) is 15.9. The smallest absolute Gasteiger partial charge is 0.274 e. The molecule has 118 valence electrons. The summed E-state index contributed by atoms with van der Waals surface area (Å²) >= 11 is 1.58. The van der Waals surface area contributed by atoms with Crippen LogP contribution in [0.4, 0.5) is 0 Å². The Morgan fingerprint density at radius 2 is 2.23 bits per heavy atom. The number of fused-ring (bicyclic) bond motifs is 1. The number of nitrogens with one attached hydrogen (secondary N) is 1. The van der Waals surface area contributed by atoms with Gasteiger partial charge in [-0.15, -0.1) is 0 Å². The van der Waals surface area contributed by atoms with Gasteiger partial charge >= 0.3 is 0 Å². The minimum Gasteiger partial charge on any atom is -0.383 e. The molecule has 6 nitrogen and oxygen atoms in total. The van der Waals surface area contributed by atoms with Gasteiger partial charge in [-0.25, -0.2) is 4.68 Å². The average Bonchev–Trinajstić information content (AvgIpc) is 2.54. The van der Waals surface area contributed by atoms with Gasteiger partial charge < -0.3 is 10.4 Å². The van der Waals surface area contributed by atoms with Crippen molar-refractivity contribution in [2.24, 2.45) is 0 Å². The Kier molecular flexibility index (Phi) is 5.97. The van der Waals surface area contributed by atoms with E-state index < -0.39 is 12.0 Å². The number of benzene rings is 1. The molecule has 0 aliphatic heterocycles. The topological polar surface area (TPSA) is 84.2 Å². The van der Waals surface area contributed by atoms with Crippen LogP contribution in [0, 0.1) is 0 Å². The highest BCUT2D eigenvalue weighted by molar-refractivity contribution is 7.98. The number of hydrogen-bond donors (Lipinski definition) is 2. The number of carbonyl (C=O) groups is 1. The number of amides is 1. The van der Waals surface area contributed by atoms with E-state index in [0.29, 0.717) is 11.8 Å². The minimum atomic E-state index is -1.01. The van der Waals surface area contributed by atoms with E-state index in [-0.39, 0.29) is 18.6 Å². The summed E-state index contributed by atoms with van der Waals surface area (Å²) in [4.78, 5) is 23.9. The van der Waals surface area contributed by atoms with E-state index in [1.807, 2.05) is 18.4 Å². The maximum Gasteiger partial charge on any atom is 0.274 e. The lowest BCUT2D eigenvalue weighted by Crippen LogP contribution is -2.38. The van der Waals surface area contributed by atoms with Gasteiger partial charge in [0.15, 0.2) is 0 Å². The summed E-state index contributed by atoms with van der Waals surface area (Å²) in [5.74, 6) is 0.309. The van der Waals surface area contributed by atoms with E-state index in [1.54, 1.807) is 30.1 Å². The van der Waals surface area contributed by atoms with Gasteiger partial charge in [-0.3, -0.25) is 9.59 Å². The molecule has 0 spiro atoms. The van der Waals surface area contributed by atoms with Crippen molar-refractivity contribution in [2.45, 2.75) is 19.1 Å². The van der Waals surface area contributed by atoms with Crippen LogP contribution in [0.25, 0.3) is 10.8 Å². The number of aromatic nitrogens is 2. The molecule has 1 aromatic carbocycles. The fourth-order valence-electron chi connectivity index (χ4n) is 2.05. The normalized spacial score (nSPS) is 12.3. The third-order valence-corrected chi connectivity index (χ3v) is 3.93. The molecule has 0 aliphatic rings. The molecule has 1 aromatic heterocycles. The van der Waals surface area contributed by atoms with Crippen LogP contribution < -0.4 is 10.9 Å². The quantitative estimate of drug-likeness (QED) is 0.781. The molecule has 0 fully saturated rings. The van der Waals surface area contributed by atoms with E-state index in [9.17, 15) is 14.7 Å². The van der Waals surface area contributed by atoms with Gasteiger partial charge in [0.1, 0.15) is 6.10 Å². The van der Waals surface area contributed by atoms with Crippen LogP contribution in [0.5, 0.6) is 0 Å². The van der Waals surface area contributed by atoms with Crippen LogP contribution in [0.15, 0.2) is 35.3 Å². The Balaban J connectivity index is 1.94. The van der Waals surface area contributed by atoms with Crippen molar-refractivity contribution >= 4 is 28.4 Å². The van der Waals surface area contributed by atoms with Crippen molar-refractivity contribution in [2.75, 3.05) is 18.6 Å². The van der Waals surface area contributed by atoms with Crippen LogP contribution in [0.3, 0.4) is 0 Å². The summed E-state index contributed by atoms with van der Waals surface area (Å²) < 4.78 is 1.32. The molecule has 0 saturated carbocycles. The van der Waals surface area contributed by atoms with Gasteiger partial charge in [-0.1, -0.05) is 18.2 Å². The Morgan fingerprint density at radius 1 is 1.45 bits per heavy atom. The van der Waals surface area contributed by atoms with Gasteiger partial charge in [0.25, 0.3) is 5.56 Å². The third kappa shape index (κ3) is 4.08. The molecule has 0 saturated heterocycles. The van der Waals surface area contributed by atoms with Gasteiger partial charge in [0.05, 0.1) is 18.1 Å². The van der Waals surface area contributed by atoms with Crippen molar-refractivity contribution < 1.29 is 9.90 Å². The third-order valence-electron chi connectivity index (χ3n) is 3.28. The molecule has 2 N–H and O–H groups in total. The molecule has 22 heavy (non-hydrogen) atoms. The minimum absolute atomic E-state index is 0.185. The fourth-order valence-corrected chi connectivity index (χ4v) is 2.51. The van der Waals surface area contributed by atoms with Crippen molar-refractivity contribution in [3.05, 3.63) is 40.8 Å². The molecule has 0 radical (unpaired) electrons. The Labute approximate surface area is 132 Å². The lowest BCUT2D eigenvalue weighted by Gasteiger charge is -2.11. The standard InChI is InChI=1S/C15H19N3O3S/c1-22-9-6-13(19)14(20)16-7-8-18-15(21)12-5-3-2-4-11(12)10-17-18/h2-5,10,13,19H,6-9H2,1H3,(H,16,20). The summed E-state index contributed by atoms with van der Waals surface area (Å²) in [6.45, 7) is 0.519. The highest BCUT2D eigenvalue weighted by Crippen LogP contribution is 2.06. The number of aliphatic hydroxyl groups is 1. The van der Waals surface area contributed by atoms with Gasteiger partial charge in [-0.05, 0) is 24.5 Å². The fraction of sp³-hybridized carbons (Fsp3) is 0.400. The first-order valence-electron chi connectivity index (χ1n) is 7.03. The van der Waals surface area contributed by atoms with Crippen LogP contribution in [-0.2, 0) is 11.3 Å². The average molecular weight is 321 g/mol. The number of hydrogen-bond acceptors (Lipinski definition) is 5. The van der Waals surface area contributed by atoms with Crippen molar-refractivity contribution in [1.82, 2.24) is 15.1 Å². The monoisotopic (exact) mass is 321 g/mol. The number of thioether (sulfide) groups is 1. The number of carbonyl (C=O) groups excluding carboxylic acids is 1. The second-order valence-corrected chi connectivity index (χ2v) is 5.83. The zero-order valence-electron chi connectivity index (χ0n) is 12.4. The molecular weight excluding hydrogens is 302 g/mol. The Morgan fingerprint density at radius 3 is 3.00 bits per heavy atom. The van der Waals surface area contributed by atoms with E-state index >= 15 is 0 Å². The van der Waals surface area contributed by atoms with Crippen molar-refractivity contribution in [3.8, 4) is 0 Å². The zero-order valence-corrected chi connectivity index (χ0v) is 13.2. The first-order chi connectivity index (χ1) is 10.6. The molecule has 2 aromatic rings. The predicted octanol–water partition coefficient (Wildman–Crippen LogP) is 0.627. The lowest BCUT2D eigenvalue weighted by atomic mass is 10.2. The second-order valence-electron chi connectivity index (χ2n) is 4.85. The summed E-state index contributed by atoms with van der Waals surface area (Å²) in [6.07, 6.45) is 2.96. The van der Waals surface area contributed by atoms with E-state index in [0.717, 1.165) is 11.1 Å². The SMILES string of the molecule is CSCCC(O)C(=O)NCCn1ncc2ccccc2c1=O. The summed E-state index contributed by atoms with van der Waals surface area (Å²) in [6, 6.07) is 7.24. The Bertz CT molecular complexity index is 702. The molecule has 2 rings (SSSR count). The Hall–Kier alpha value is -1.86. The van der Waals surface area contributed by atoms with Crippen LogP contribution >= 0.6 is 11.8 Å². The van der Waals surface area contributed by atoms with Gasteiger partial charge in [-0.2, -0.15) is 16.9 Å². The van der Waals surface area contributed by atoms with E-state index in [4.69, 9.17) is 0 Å². The number of nitrogens with zero attached hydrogens (tertiary/aromatic N) is 2. The number of rotatable bonds is 7. The molecule has 1 amide bonds. The summed E-state index contributed by atoms with van der Waals surface area (Å²) in [7, 11) is 0. The largest absolute Gasteiger partial charge is 0.383 e. The van der Waals surface area contributed by atoms with Gasteiger partial charge in [0.2, 0.25) is 5.91 Å². The van der Waals surface area contributed by atoms with Crippen LogP contribution in [0.2, 0.25) is 0 Å². The van der Waals surface area contributed by atoms with Crippen LogP contribution in [-0.4, -0.2) is 45.5 Å². The van der Waals surface area contributed by atoms with Crippen molar-refractivity contribution in [3.63, 3.8) is 0 Å². The number of aliphatic hydroxyl groups excluding tert-OH is 1. The first kappa shape index (κ1) is 16.5. The van der Waals surface area contributed by atoms with E-state index in [2.05, 4.69) is 10.4 Å². The summed E-state index contributed by atoms with van der Waals surface area (Å²) in [5, 5.41) is 17.7. The summed E-state index contributed by atoms with van der Waals surface area (Å²) in [5.41, 5.74) is -0.185. The molecule has 1 unspecified atom stereocenters. The molecular formula is C15H19N3O3S. The molecule has 1 heterocycles. The first-order valence-corrected chi connectivity index (χ1v) is 8.42. The molecule has 1 atom stereocenters. The molecule has 0 bridgehead atoms. The van der Waals surface area contributed by atoms with E-state index in [1.165, 1.54) is 4.68 Å². The van der Waals surface area contributed by atoms with Crippen LogP contribution in [0.1, 0.15) is 6.42 Å². The lowest BCUT2D eigenvalue weighted by molar-refractivity contribution is -0.129. The molecule has 0 aliphatic carbocycles. The maximum atomic E-state index is 12.2.